The van der Waals surface area contributed by atoms with Crippen LogP contribution in [0.25, 0.3) is 0 Å². The van der Waals surface area contributed by atoms with E-state index in [0.29, 0.717) is 48.1 Å². The molecule has 242 valence electrons. The van der Waals surface area contributed by atoms with E-state index in [-0.39, 0.29) is 17.1 Å². The molecule has 13 nitrogen and oxygen atoms in total. The monoisotopic (exact) mass is 635 g/mol. The highest BCUT2D eigenvalue weighted by Gasteiger charge is 2.38. The molecule has 8 N–H and O–H groups in total. The van der Waals surface area contributed by atoms with Crippen LogP contribution in [0.2, 0.25) is 0 Å². The molecule has 16 heteroatoms. The first-order chi connectivity index (χ1) is 21.3. The minimum absolute atomic E-state index is 0.0189. The summed E-state index contributed by atoms with van der Waals surface area (Å²) < 4.78 is 48.3. The molecule has 0 bridgehead atoms. The molecule has 3 aromatic rings. The molecule has 0 aromatic heterocycles. The number of nitrogens with two attached hydrogens (primary N) is 1. The number of carbonyl (C=O) groups is 3. The molecule has 0 spiro atoms. The number of halogens is 3. The summed E-state index contributed by atoms with van der Waals surface area (Å²) in [6.07, 6.45) is -5.08. The number of benzene rings is 3. The summed E-state index contributed by atoms with van der Waals surface area (Å²) in [4.78, 5) is 34.7. The molecule has 3 rings (SSSR count). The second-order valence-corrected chi connectivity index (χ2v) is 8.84. The van der Waals surface area contributed by atoms with Crippen molar-refractivity contribution in [3.8, 4) is 17.2 Å². The summed E-state index contributed by atoms with van der Waals surface area (Å²) >= 11 is 0. The summed E-state index contributed by atoms with van der Waals surface area (Å²) in [5.74, 6) is -2.98. The van der Waals surface area contributed by atoms with Crippen LogP contribution >= 0.6 is 0 Å². The first-order valence-electron chi connectivity index (χ1n) is 13.1. The summed E-state index contributed by atoms with van der Waals surface area (Å²) in [7, 11) is 1.58. The number of alkyl halides is 3. The minimum Gasteiger partial charge on any atom is -0.508 e. The molecule has 0 fully saturated rings. The Labute approximate surface area is 255 Å². The number of aliphatic carboxylic acids is 1. The molecular weight excluding hydrogens is 603 g/mol. The van der Waals surface area contributed by atoms with Crippen LogP contribution in [-0.4, -0.2) is 66.9 Å². The molecule has 2 amide bonds. The van der Waals surface area contributed by atoms with Gasteiger partial charge >= 0.3 is 12.1 Å². The number of anilines is 1. The molecule has 0 saturated heterocycles. The zero-order valence-corrected chi connectivity index (χ0v) is 24.1. The highest BCUT2D eigenvalue weighted by atomic mass is 19.4. The first kappa shape index (κ1) is 35.7. The predicted molar refractivity (Wildman–Crippen MR) is 156 cm³/mol. The van der Waals surface area contributed by atoms with Gasteiger partial charge in [-0.25, -0.2) is 4.79 Å². The Hall–Kier alpha value is -5.51. The number of phenols is 1. The van der Waals surface area contributed by atoms with Gasteiger partial charge in [0.15, 0.2) is 11.5 Å². The number of carboxylic acid groups (broad SMARTS) is 1. The van der Waals surface area contributed by atoms with E-state index in [4.69, 9.17) is 35.3 Å². The fourth-order valence-corrected chi connectivity index (χ4v) is 3.42. The van der Waals surface area contributed by atoms with E-state index in [0.717, 1.165) is 0 Å². The number of hydrogen-bond acceptors (Lipinski definition) is 9. The van der Waals surface area contributed by atoms with E-state index in [9.17, 15) is 27.9 Å². The van der Waals surface area contributed by atoms with Crippen LogP contribution in [0.4, 0.5) is 18.9 Å². The number of amides is 2. The molecule has 0 aliphatic heterocycles. The molecule has 0 saturated carbocycles. The zero-order valence-electron chi connectivity index (χ0n) is 24.1. The van der Waals surface area contributed by atoms with Crippen LogP contribution in [-0.2, 0) is 14.3 Å². The van der Waals surface area contributed by atoms with Crippen molar-refractivity contribution >= 4 is 29.3 Å². The van der Waals surface area contributed by atoms with Crippen molar-refractivity contribution in [3.63, 3.8) is 0 Å². The van der Waals surface area contributed by atoms with Gasteiger partial charge in [0.1, 0.15) is 24.2 Å². The standard InChI is InChI=1S/C27H31N5O6.C2HF3O2/c1-3-37-23-16-19(8-13-22(23)38-15-14-36-2)24(30-20-9-4-17(5-10-20)25(28)29)27(35)32-31-26(34)18-6-11-21(33)12-7-18;3-2(4,5)1(6)7/h4-13,16,24,30,33H,3,14-15H2,1-2H3,(H3,28,29)(H,31,34)(H,32,35);(H,6,7). The maximum absolute atomic E-state index is 13.3. The van der Waals surface area contributed by atoms with E-state index in [1.54, 1.807) is 49.6 Å². The quantitative estimate of drug-likeness (QED) is 0.0669. The van der Waals surface area contributed by atoms with Crippen molar-refractivity contribution in [2.24, 2.45) is 5.73 Å². The Kier molecular flexibility index (Phi) is 13.4. The molecule has 45 heavy (non-hydrogen) atoms. The lowest BCUT2D eigenvalue weighted by atomic mass is 10.0. The average molecular weight is 636 g/mol. The van der Waals surface area contributed by atoms with Crippen LogP contribution in [0.5, 0.6) is 17.2 Å². The van der Waals surface area contributed by atoms with Gasteiger partial charge in [-0.3, -0.25) is 25.8 Å². The van der Waals surface area contributed by atoms with Crippen molar-refractivity contribution < 1.29 is 52.0 Å². The van der Waals surface area contributed by atoms with Crippen LogP contribution in [0.3, 0.4) is 0 Å². The minimum atomic E-state index is -5.08. The van der Waals surface area contributed by atoms with Crippen molar-refractivity contribution in [2.45, 2.75) is 19.1 Å². The summed E-state index contributed by atoms with van der Waals surface area (Å²) in [6, 6.07) is 16.5. The summed E-state index contributed by atoms with van der Waals surface area (Å²) in [5, 5.41) is 27.3. The highest BCUT2D eigenvalue weighted by molar-refractivity contribution is 5.97. The second-order valence-electron chi connectivity index (χ2n) is 8.84. The van der Waals surface area contributed by atoms with Crippen molar-refractivity contribution in [3.05, 3.63) is 83.4 Å². The third-order valence-corrected chi connectivity index (χ3v) is 5.59. The molecule has 1 atom stereocenters. The molecule has 0 aliphatic rings. The number of rotatable bonds is 12. The lowest BCUT2D eigenvalue weighted by Crippen LogP contribution is -2.45. The van der Waals surface area contributed by atoms with Gasteiger partial charge in [-0.05, 0) is 73.2 Å². The average Bonchev–Trinajstić information content (AvgIpc) is 3.00. The molecular formula is C29H32F3N5O8. The molecule has 0 radical (unpaired) electrons. The number of aromatic hydroxyl groups is 1. The van der Waals surface area contributed by atoms with Gasteiger partial charge in [-0.15, -0.1) is 0 Å². The number of ether oxygens (including phenoxy) is 3. The van der Waals surface area contributed by atoms with Gasteiger partial charge < -0.3 is 35.5 Å². The van der Waals surface area contributed by atoms with Crippen molar-refractivity contribution in [1.29, 1.82) is 5.41 Å². The lowest BCUT2D eigenvalue weighted by Gasteiger charge is -2.22. The summed E-state index contributed by atoms with van der Waals surface area (Å²) in [6.45, 7) is 2.94. The number of nitrogen functional groups attached to an aromatic ring is 1. The van der Waals surface area contributed by atoms with Crippen LogP contribution in [0.15, 0.2) is 66.7 Å². The first-order valence-corrected chi connectivity index (χ1v) is 13.1. The lowest BCUT2D eigenvalue weighted by molar-refractivity contribution is -0.192. The Balaban J connectivity index is 0.000000900. The number of methoxy groups -OCH3 is 1. The smallest absolute Gasteiger partial charge is 0.490 e. The van der Waals surface area contributed by atoms with Crippen molar-refractivity contribution in [1.82, 2.24) is 10.9 Å². The fourth-order valence-electron chi connectivity index (χ4n) is 3.42. The Morgan fingerprint density at radius 3 is 2.04 bits per heavy atom. The number of carboxylic acids is 1. The number of nitrogens with one attached hydrogen (secondary N) is 4. The van der Waals surface area contributed by atoms with E-state index in [1.807, 2.05) is 6.92 Å². The fraction of sp³-hybridized carbons (Fsp3) is 0.241. The van der Waals surface area contributed by atoms with Crippen LogP contribution in [0, 0.1) is 5.41 Å². The van der Waals surface area contributed by atoms with E-state index >= 15 is 0 Å². The molecule has 3 aromatic carbocycles. The molecule has 0 aliphatic carbocycles. The zero-order chi connectivity index (χ0) is 33.6. The Morgan fingerprint density at radius 1 is 0.911 bits per heavy atom. The number of carbonyl (C=O) groups excluding carboxylic acids is 2. The number of amidine groups is 1. The third kappa shape index (κ3) is 11.6. The van der Waals surface area contributed by atoms with Gasteiger partial charge in [-0.1, -0.05) is 6.07 Å². The topological polar surface area (TPSA) is 205 Å². The molecule has 1 unspecified atom stereocenters. The third-order valence-electron chi connectivity index (χ3n) is 5.59. The Bertz CT molecular complexity index is 1450. The van der Waals surface area contributed by atoms with Gasteiger partial charge in [0.25, 0.3) is 11.8 Å². The highest BCUT2D eigenvalue weighted by Crippen LogP contribution is 2.32. The predicted octanol–water partition coefficient (Wildman–Crippen LogP) is 3.35. The van der Waals surface area contributed by atoms with Gasteiger partial charge in [0.2, 0.25) is 0 Å². The summed E-state index contributed by atoms with van der Waals surface area (Å²) in [5.41, 5.74) is 12.3. The van der Waals surface area contributed by atoms with E-state index in [1.165, 1.54) is 24.3 Å². The second kappa shape index (κ2) is 17.0. The van der Waals surface area contributed by atoms with E-state index < -0.39 is 30.0 Å². The maximum atomic E-state index is 13.3. The largest absolute Gasteiger partial charge is 0.508 e. The SMILES string of the molecule is CCOc1cc(C(Nc2ccc(C(=N)N)cc2)C(=O)NNC(=O)c2ccc(O)cc2)ccc1OCCOC.O=C(O)C(F)(F)F. The van der Waals surface area contributed by atoms with Gasteiger partial charge in [0, 0.05) is 23.9 Å². The Morgan fingerprint density at radius 2 is 1.51 bits per heavy atom. The van der Waals surface area contributed by atoms with Gasteiger partial charge in [0.05, 0.1) is 13.2 Å². The van der Waals surface area contributed by atoms with Crippen LogP contribution < -0.4 is 31.4 Å². The molecule has 0 heterocycles. The number of hydrazine groups is 1. The normalized spacial score (nSPS) is 11.2. The van der Waals surface area contributed by atoms with E-state index in [2.05, 4.69) is 16.2 Å². The number of hydrogen-bond donors (Lipinski definition) is 7. The van der Waals surface area contributed by atoms with Crippen molar-refractivity contribution in [2.75, 3.05) is 32.2 Å². The van der Waals surface area contributed by atoms with Crippen LogP contribution in [0.1, 0.15) is 34.5 Å². The number of phenolic OH excluding ortho intramolecular Hbond substituents is 1. The van der Waals surface area contributed by atoms with Gasteiger partial charge in [-0.2, -0.15) is 13.2 Å². The maximum Gasteiger partial charge on any atom is 0.490 e.